The van der Waals surface area contributed by atoms with E-state index in [0.29, 0.717) is 5.92 Å². The highest BCUT2D eigenvalue weighted by Crippen LogP contribution is 2.31. The van der Waals surface area contributed by atoms with Gasteiger partial charge in [-0.1, -0.05) is 33.8 Å². The van der Waals surface area contributed by atoms with Crippen molar-refractivity contribution in [3.63, 3.8) is 0 Å². The Hall–Kier alpha value is -1.05. The minimum atomic E-state index is -0.244. The van der Waals surface area contributed by atoms with Gasteiger partial charge in [0.05, 0.1) is 5.69 Å². The Bertz CT molecular complexity index is 329. The van der Waals surface area contributed by atoms with Crippen LogP contribution in [-0.2, 0) is 0 Å². The third-order valence-electron chi connectivity index (χ3n) is 2.44. The van der Waals surface area contributed by atoms with E-state index >= 15 is 0 Å². The van der Waals surface area contributed by atoms with Crippen molar-refractivity contribution in [1.82, 2.24) is 0 Å². The number of hydrogen-bond acceptors (Lipinski definition) is 1. The number of hydrogen-bond donors (Lipinski definition) is 1. The van der Waals surface area contributed by atoms with Crippen LogP contribution in [0, 0.1) is 5.82 Å². The Labute approximate surface area is 85.1 Å². The fourth-order valence-corrected chi connectivity index (χ4v) is 1.71. The summed E-state index contributed by atoms with van der Waals surface area (Å²) in [6.45, 7) is 8.11. The van der Waals surface area contributed by atoms with Crippen LogP contribution in [0.3, 0.4) is 0 Å². The van der Waals surface area contributed by atoms with E-state index in [9.17, 15) is 4.39 Å². The van der Waals surface area contributed by atoms with Crippen LogP contribution in [-0.4, -0.2) is 0 Å². The van der Waals surface area contributed by atoms with Crippen LogP contribution in [0.4, 0.5) is 10.1 Å². The zero-order valence-electron chi connectivity index (χ0n) is 9.26. The molecule has 0 aliphatic rings. The molecule has 0 bridgehead atoms. The summed E-state index contributed by atoms with van der Waals surface area (Å²) in [6.07, 6.45) is 0. The van der Waals surface area contributed by atoms with Crippen LogP contribution in [0.15, 0.2) is 12.1 Å². The van der Waals surface area contributed by atoms with Gasteiger partial charge in [0.1, 0.15) is 5.82 Å². The maximum atomic E-state index is 13.7. The molecule has 1 rings (SSSR count). The summed E-state index contributed by atoms with van der Waals surface area (Å²) < 4.78 is 13.7. The zero-order chi connectivity index (χ0) is 10.9. The van der Waals surface area contributed by atoms with Gasteiger partial charge in [0.25, 0.3) is 0 Å². The average molecular weight is 195 g/mol. The molecule has 1 aromatic rings. The standard InChI is InChI=1S/C12H18FN/c1-7(2)9-5-6-10(14)12(13)11(9)8(3)4/h5-8H,14H2,1-4H3. The molecule has 0 saturated carbocycles. The molecule has 1 aromatic carbocycles. The van der Waals surface area contributed by atoms with E-state index in [-0.39, 0.29) is 17.4 Å². The first-order valence-electron chi connectivity index (χ1n) is 5.03. The maximum Gasteiger partial charge on any atom is 0.149 e. The monoisotopic (exact) mass is 195 g/mol. The molecule has 0 fully saturated rings. The highest BCUT2D eigenvalue weighted by Gasteiger charge is 2.16. The number of nitrogen functional groups attached to an aromatic ring is 1. The van der Waals surface area contributed by atoms with Gasteiger partial charge in [-0.05, 0) is 29.0 Å². The molecule has 0 radical (unpaired) electrons. The smallest absolute Gasteiger partial charge is 0.149 e. The molecule has 0 aromatic heterocycles. The van der Waals surface area contributed by atoms with Crippen LogP contribution in [0.1, 0.15) is 50.7 Å². The molecule has 14 heavy (non-hydrogen) atoms. The van der Waals surface area contributed by atoms with E-state index in [1.165, 1.54) is 0 Å². The molecule has 0 unspecified atom stereocenters. The van der Waals surface area contributed by atoms with Crippen LogP contribution in [0.5, 0.6) is 0 Å². The lowest BCUT2D eigenvalue weighted by molar-refractivity contribution is 0.594. The molecule has 0 heterocycles. The number of anilines is 1. The third kappa shape index (κ3) is 1.89. The van der Waals surface area contributed by atoms with E-state index < -0.39 is 0 Å². The number of benzene rings is 1. The first kappa shape index (κ1) is 11.0. The van der Waals surface area contributed by atoms with Crippen LogP contribution in [0.2, 0.25) is 0 Å². The zero-order valence-corrected chi connectivity index (χ0v) is 9.26. The molecular weight excluding hydrogens is 177 g/mol. The predicted molar refractivity (Wildman–Crippen MR) is 59.0 cm³/mol. The van der Waals surface area contributed by atoms with E-state index in [1.54, 1.807) is 6.07 Å². The summed E-state index contributed by atoms with van der Waals surface area (Å²) in [6, 6.07) is 3.58. The van der Waals surface area contributed by atoms with Crippen LogP contribution >= 0.6 is 0 Å². The summed E-state index contributed by atoms with van der Waals surface area (Å²) >= 11 is 0. The van der Waals surface area contributed by atoms with E-state index in [1.807, 2.05) is 19.9 Å². The van der Waals surface area contributed by atoms with E-state index in [4.69, 9.17) is 5.73 Å². The lowest BCUT2D eigenvalue weighted by Gasteiger charge is -2.17. The van der Waals surface area contributed by atoms with Gasteiger partial charge in [-0.25, -0.2) is 4.39 Å². The topological polar surface area (TPSA) is 26.0 Å². The van der Waals surface area contributed by atoms with Crippen molar-refractivity contribution < 1.29 is 4.39 Å². The van der Waals surface area contributed by atoms with Crippen molar-refractivity contribution in [3.05, 3.63) is 29.1 Å². The third-order valence-corrected chi connectivity index (χ3v) is 2.44. The SMILES string of the molecule is CC(C)c1ccc(N)c(F)c1C(C)C. The van der Waals surface area contributed by atoms with E-state index in [0.717, 1.165) is 11.1 Å². The Morgan fingerprint density at radius 2 is 1.64 bits per heavy atom. The second-order valence-electron chi connectivity index (χ2n) is 4.28. The minimum Gasteiger partial charge on any atom is -0.396 e. The van der Waals surface area contributed by atoms with Gasteiger partial charge in [0.2, 0.25) is 0 Å². The lowest BCUT2D eigenvalue weighted by atomic mass is 9.90. The quantitative estimate of drug-likeness (QED) is 0.716. The van der Waals surface area contributed by atoms with Crippen molar-refractivity contribution in [2.75, 3.05) is 5.73 Å². The van der Waals surface area contributed by atoms with Gasteiger partial charge in [-0.15, -0.1) is 0 Å². The number of halogens is 1. The molecule has 2 N–H and O–H groups in total. The minimum absolute atomic E-state index is 0.177. The average Bonchev–Trinajstić information content (AvgIpc) is 2.08. The fourth-order valence-electron chi connectivity index (χ4n) is 1.71. The van der Waals surface area contributed by atoms with Crippen molar-refractivity contribution in [2.24, 2.45) is 0 Å². The van der Waals surface area contributed by atoms with Crippen LogP contribution in [0.25, 0.3) is 0 Å². The van der Waals surface area contributed by atoms with Gasteiger partial charge in [-0.3, -0.25) is 0 Å². The van der Waals surface area contributed by atoms with Gasteiger partial charge < -0.3 is 5.73 Å². The van der Waals surface area contributed by atoms with Crippen molar-refractivity contribution in [2.45, 2.75) is 39.5 Å². The Morgan fingerprint density at radius 1 is 1.07 bits per heavy atom. The van der Waals surface area contributed by atoms with Gasteiger partial charge in [-0.2, -0.15) is 0 Å². The first-order valence-corrected chi connectivity index (χ1v) is 5.03. The summed E-state index contributed by atoms with van der Waals surface area (Å²) in [5.74, 6) is 0.268. The van der Waals surface area contributed by atoms with Gasteiger partial charge in [0, 0.05) is 0 Å². The maximum absolute atomic E-state index is 13.7. The Balaban J connectivity index is 3.38. The molecule has 78 valence electrons. The van der Waals surface area contributed by atoms with Crippen molar-refractivity contribution in [1.29, 1.82) is 0 Å². The Morgan fingerprint density at radius 3 is 2.07 bits per heavy atom. The molecule has 0 aliphatic heterocycles. The largest absolute Gasteiger partial charge is 0.396 e. The lowest BCUT2D eigenvalue weighted by Crippen LogP contribution is -2.05. The fraction of sp³-hybridized carbons (Fsp3) is 0.500. The molecule has 0 spiro atoms. The van der Waals surface area contributed by atoms with Crippen molar-refractivity contribution >= 4 is 5.69 Å². The van der Waals surface area contributed by atoms with Crippen molar-refractivity contribution in [3.8, 4) is 0 Å². The molecule has 0 atom stereocenters. The number of nitrogens with two attached hydrogens (primary N) is 1. The predicted octanol–water partition coefficient (Wildman–Crippen LogP) is 3.65. The second kappa shape index (κ2) is 3.99. The van der Waals surface area contributed by atoms with Gasteiger partial charge >= 0.3 is 0 Å². The first-order chi connectivity index (χ1) is 6.45. The highest BCUT2D eigenvalue weighted by atomic mass is 19.1. The summed E-state index contributed by atoms with van der Waals surface area (Å²) in [7, 11) is 0. The second-order valence-corrected chi connectivity index (χ2v) is 4.28. The molecule has 1 nitrogen and oxygen atoms in total. The Kier molecular flexibility index (Phi) is 3.14. The van der Waals surface area contributed by atoms with Crippen LogP contribution < -0.4 is 5.73 Å². The highest BCUT2D eigenvalue weighted by molar-refractivity contribution is 5.48. The summed E-state index contributed by atoms with van der Waals surface area (Å²) in [5, 5.41) is 0. The summed E-state index contributed by atoms with van der Waals surface area (Å²) in [5.41, 5.74) is 7.63. The number of rotatable bonds is 2. The normalized spacial score (nSPS) is 11.4. The molecule has 2 heteroatoms. The molecule has 0 amide bonds. The molecular formula is C12H18FN. The van der Waals surface area contributed by atoms with E-state index in [2.05, 4.69) is 13.8 Å². The molecule has 0 saturated heterocycles. The summed E-state index contributed by atoms with van der Waals surface area (Å²) in [4.78, 5) is 0. The van der Waals surface area contributed by atoms with Gasteiger partial charge in [0.15, 0.2) is 0 Å². The molecule has 0 aliphatic carbocycles.